The van der Waals surface area contributed by atoms with E-state index < -0.39 is 34.4 Å². The lowest BCUT2D eigenvalue weighted by Gasteiger charge is -2.16. The Hall–Kier alpha value is -1.59. The van der Waals surface area contributed by atoms with Crippen molar-refractivity contribution >= 4 is 10.0 Å². The van der Waals surface area contributed by atoms with Crippen LogP contribution in [0.2, 0.25) is 0 Å². The molecule has 0 aromatic heterocycles. The van der Waals surface area contributed by atoms with Crippen LogP contribution >= 0.6 is 0 Å². The molecule has 1 N–H and O–H groups in total. The van der Waals surface area contributed by atoms with E-state index in [1.165, 1.54) is 24.3 Å². The summed E-state index contributed by atoms with van der Waals surface area (Å²) >= 11 is 0. The minimum absolute atomic E-state index is 0.379. The van der Waals surface area contributed by atoms with Crippen molar-refractivity contribution in [2.75, 3.05) is 0 Å². The van der Waals surface area contributed by atoms with Crippen molar-refractivity contribution in [3.63, 3.8) is 0 Å². The maximum atomic E-state index is 12.1. The van der Waals surface area contributed by atoms with Crippen LogP contribution in [0.25, 0.3) is 0 Å². The monoisotopic (exact) mass is 306 g/mol. The molecule has 0 saturated carbocycles. The Bertz CT molecular complexity index is 589. The number of sulfonamides is 1. The highest BCUT2D eigenvalue weighted by Crippen LogP contribution is 2.21. The predicted molar refractivity (Wildman–Crippen MR) is 67.1 cm³/mol. The molecule has 1 aromatic rings. The van der Waals surface area contributed by atoms with Gasteiger partial charge in [0, 0.05) is 6.04 Å². The van der Waals surface area contributed by atoms with Crippen LogP contribution in [0, 0.1) is 11.3 Å². The molecule has 0 aliphatic rings. The van der Waals surface area contributed by atoms with Crippen LogP contribution in [0.15, 0.2) is 24.3 Å². The third-order valence-electron chi connectivity index (χ3n) is 2.36. The van der Waals surface area contributed by atoms with Gasteiger partial charge in [-0.2, -0.15) is 18.4 Å². The van der Waals surface area contributed by atoms with Crippen molar-refractivity contribution < 1.29 is 21.6 Å². The van der Waals surface area contributed by atoms with Gasteiger partial charge in [0.1, 0.15) is 0 Å². The predicted octanol–water partition coefficient (Wildman–Crippen LogP) is 2.32. The minimum Gasteiger partial charge on any atom is -0.212 e. The molecule has 0 aliphatic carbocycles. The van der Waals surface area contributed by atoms with Gasteiger partial charge in [-0.3, -0.25) is 0 Å². The third-order valence-corrected chi connectivity index (χ3v) is 3.83. The van der Waals surface area contributed by atoms with E-state index >= 15 is 0 Å². The normalized spacial score (nSPS) is 13.8. The van der Waals surface area contributed by atoms with E-state index in [0.29, 0.717) is 11.1 Å². The van der Waals surface area contributed by atoms with Gasteiger partial charge < -0.3 is 0 Å². The molecular weight excluding hydrogens is 293 g/mol. The van der Waals surface area contributed by atoms with Gasteiger partial charge in [-0.15, -0.1) is 0 Å². The van der Waals surface area contributed by atoms with Crippen molar-refractivity contribution in [2.45, 2.75) is 31.3 Å². The number of benzene rings is 1. The highest BCUT2D eigenvalue weighted by Gasteiger charge is 2.31. The maximum absolute atomic E-state index is 12.1. The summed E-state index contributed by atoms with van der Waals surface area (Å²) < 4.78 is 61.8. The van der Waals surface area contributed by atoms with Gasteiger partial charge in [0.15, 0.2) is 0 Å². The second kappa shape index (κ2) is 6.24. The molecular formula is C12H13F3N2O2S. The second-order valence-corrected chi connectivity index (χ2v) is 6.16. The highest BCUT2D eigenvalue weighted by molar-refractivity contribution is 7.88. The highest BCUT2D eigenvalue weighted by atomic mass is 32.2. The molecule has 1 unspecified atom stereocenters. The first-order valence-corrected chi connectivity index (χ1v) is 7.32. The third kappa shape index (κ3) is 6.04. The molecule has 0 radical (unpaired) electrons. The van der Waals surface area contributed by atoms with Crippen LogP contribution in [0.3, 0.4) is 0 Å². The van der Waals surface area contributed by atoms with Gasteiger partial charge in [0.05, 0.1) is 23.8 Å². The molecule has 1 rings (SSSR count). The number of rotatable bonds is 5. The average molecular weight is 306 g/mol. The Morgan fingerprint density at radius 2 is 1.85 bits per heavy atom. The Morgan fingerprint density at radius 1 is 1.30 bits per heavy atom. The number of nitriles is 1. The first-order valence-electron chi connectivity index (χ1n) is 5.67. The number of halogens is 3. The van der Waals surface area contributed by atoms with Crippen molar-refractivity contribution in [3.8, 4) is 6.07 Å². The summed E-state index contributed by atoms with van der Waals surface area (Å²) in [6.45, 7) is 1.16. The van der Waals surface area contributed by atoms with Crippen molar-refractivity contribution in [1.29, 1.82) is 5.26 Å². The molecule has 4 nitrogen and oxygen atoms in total. The number of hydrogen-bond donors (Lipinski definition) is 1. The number of alkyl halides is 3. The minimum atomic E-state index is -4.42. The Labute approximate surface area is 115 Å². The van der Waals surface area contributed by atoms with Crippen LogP contribution in [-0.4, -0.2) is 20.6 Å². The van der Waals surface area contributed by atoms with Gasteiger partial charge >= 0.3 is 6.18 Å². The standard InChI is InChI=1S/C12H13F3N2O2S/c1-9(6-12(13,14)15)17-20(18,19)8-11-4-2-10(7-16)3-5-11/h2-5,9,17H,6,8H2,1H3. The number of nitrogens with zero attached hydrogens (tertiary/aromatic N) is 1. The Morgan fingerprint density at radius 3 is 2.30 bits per heavy atom. The summed E-state index contributed by atoms with van der Waals surface area (Å²) in [7, 11) is -3.86. The van der Waals surface area contributed by atoms with E-state index in [-0.39, 0.29) is 0 Å². The topological polar surface area (TPSA) is 70.0 Å². The Kier molecular flexibility index (Phi) is 5.14. The van der Waals surface area contributed by atoms with E-state index in [1.54, 1.807) is 0 Å². The SMILES string of the molecule is CC(CC(F)(F)F)NS(=O)(=O)Cc1ccc(C#N)cc1. The molecule has 0 saturated heterocycles. The molecule has 0 bridgehead atoms. The summed E-state index contributed by atoms with van der Waals surface area (Å²) in [5.74, 6) is -0.430. The molecule has 1 aromatic carbocycles. The largest absolute Gasteiger partial charge is 0.390 e. The lowest BCUT2D eigenvalue weighted by atomic mass is 10.2. The van der Waals surface area contributed by atoms with E-state index in [9.17, 15) is 21.6 Å². The van der Waals surface area contributed by atoms with Gasteiger partial charge in [-0.25, -0.2) is 13.1 Å². The van der Waals surface area contributed by atoms with E-state index in [2.05, 4.69) is 0 Å². The summed E-state index contributed by atoms with van der Waals surface area (Å²) in [5.41, 5.74) is 0.778. The summed E-state index contributed by atoms with van der Waals surface area (Å²) in [6, 6.07) is 6.46. The zero-order valence-corrected chi connectivity index (χ0v) is 11.4. The fourth-order valence-corrected chi connectivity index (χ4v) is 3.04. The first kappa shape index (κ1) is 16.5. The van der Waals surface area contributed by atoms with Crippen LogP contribution in [0.4, 0.5) is 13.2 Å². The van der Waals surface area contributed by atoms with E-state index in [4.69, 9.17) is 5.26 Å². The molecule has 0 aliphatic heterocycles. The average Bonchev–Trinajstić information content (AvgIpc) is 2.25. The molecule has 20 heavy (non-hydrogen) atoms. The first-order chi connectivity index (χ1) is 9.11. The van der Waals surface area contributed by atoms with Crippen LogP contribution < -0.4 is 4.72 Å². The van der Waals surface area contributed by atoms with Crippen molar-refractivity contribution in [2.24, 2.45) is 0 Å². The van der Waals surface area contributed by atoms with Gasteiger partial charge in [0.2, 0.25) is 10.0 Å². The van der Waals surface area contributed by atoms with Crippen LogP contribution in [-0.2, 0) is 15.8 Å². The van der Waals surface area contributed by atoms with Crippen molar-refractivity contribution in [1.82, 2.24) is 4.72 Å². The molecule has 1 atom stereocenters. The quantitative estimate of drug-likeness (QED) is 0.907. The van der Waals surface area contributed by atoms with Gasteiger partial charge in [-0.05, 0) is 24.6 Å². The fraction of sp³-hybridized carbons (Fsp3) is 0.417. The maximum Gasteiger partial charge on any atom is 0.390 e. The number of hydrogen-bond acceptors (Lipinski definition) is 3. The molecule has 0 heterocycles. The molecule has 0 amide bonds. The van der Waals surface area contributed by atoms with Crippen LogP contribution in [0.5, 0.6) is 0 Å². The van der Waals surface area contributed by atoms with E-state index in [1.807, 2.05) is 10.8 Å². The molecule has 0 spiro atoms. The zero-order chi connectivity index (χ0) is 15.4. The lowest BCUT2D eigenvalue weighted by molar-refractivity contribution is -0.137. The van der Waals surface area contributed by atoms with Gasteiger partial charge in [-0.1, -0.05) is 12.1 Å². The van der Waals surface area contributed by atoms with Gasteiger partial charge in [0.25, 0.3) is 0 Å². The Balaban J connectivity index is 2.67. The smallest absolute Gasteiger partial charge is 0.212 e. The summed E-state index contributed by atoms with van der Waals surface area (Å²) in [6.07, 6.45) is -5.64. The fourth-order valence-electron chi connectivity index (χ4n) is 1.63. The van der Waals surface area contributed by atoms with Crippen molar-refractivity contribution in [3.05, 3.63) is 35.4 Å². The molecule has 0 fully saturated rings. The molecule has 8 heteroatoms. The van der Waals surface area contributed by atoms with E-state index in [0.717, 1.165) is 6.92 Å². The summed E-state index contributed by atoms with van der Waals surface area (Å²) in [4.78, 5) is 0. The van der Waals surface area contributed by atoms with Crippen LogP contribution in [0.1, 0.15) is 24.5 Å². The lowest BCUT2D eigenvalue weighted by Crippen LogP contribution is -2.36. The zero-order valence-electron chi connectivity index (χ0n) is 10.6. The number of nitrogens with one attached hydrogen (secondary N) is 1. The molecule has 110 valence electrons. The second-order valence-electron chi connectivity index (χ2n) is 4.41. The summed E-state index contributed by atoms with van der Waals surface area (Å²) in [5, 5.41) is 8.60.